The zero-order valence-corrected chi connectivity index (χ0v) is 24.6. The number of nitrogens with zero attached hydrogens (tertiary/aromatic N) is 3. The van der Waals surface area contributed by atoms with Crippen molar-refractivity contribution >= 4 is 18.4 Å². The largest absolute Gasteiger partial charge is 0.490 e. The second-order valence-corrected chi connectivity index (χ2v) is 11.5. The van der Waals surface area contributed by atoms with E-state index in [0.29, 0.717) is 24.7 Å². The number of ether oxygens (including phenoxy) is 2. The van der Waals surface area contributed by atoms with Crippen LogP contribution in [0.1, 0.15) is 60.6 Å². The number of β-amino-alcohol motifs (C(OH)–C–C–N with tert-alkyl or cyclic N) is 1. The van der Waals surface area contributed by atoms with Gasteiger partial charge in [0.25, 0.3) is 0 Å². The summed E-state index contributed by atoms with van der Waals surface area (Å²) in [5, 5.41) is 14.9. The molecule has 8 nitrogen and oxygen atoms in total. The van der Waals surface area contributed by atoms with Crippen LogP contribution in [-0.2, 0) is 16.1 Å². The van der Waals surface area contributed by atoms with E-state index >= 15 is 0 Å². The summed E-state index contributed by atoms with van der Waals surface area (Å²) < 4.78 is 16.5. The maximum Gasteiger partial charge on any atom is 0.160 e. The monoisotopic (exact) mass is 573 g/mol. The van der Waals surface area contributed by atoms with E-state index in [1.54, 1.807) is 7.11 Å². The van der Waals surface area contributed by atoms with Crippen molar-refractivity contribution in [3.63, 3.8) is 0 Å². The molecule has 42 heavy (non-hydrogen) atoms. The van der Waals surface area contributed by atoms with E-state index in [2.05, 4.69) is 27.1 Å². The zero-order chi connectivity index (χ0) is 29.2. The first kappa shape index (κ1) is 30.2. The summed E-state index contributed by atoms with van der Waals surface area (Å²) in [6, 6.07) is 19.9. The van der Waals surface area contributed by atoms with Gasteiger partial charge < -0.3 is 23.9 Å². The molecule has 2 fully saturated rings. The van der Waals surface area contributed by atoms with E-state index in [-0.39, 0.29) is 18.1 Å². The molecular weight excluding hydrogens is 530 g/mol. The van der Waals surface area contributed by atoms with E-state index in [1.807, 2.05) is 60.7 Å². The van der Waals surface area contributed by atoms with E-state index in [0.717, 1.165) is 68.7 Å². The summed E-state index contributed by atoms with van der Waals surface area (Å²) in [4.78, 5) is 17.4. The lowest BCUT2D eigenvalue weighted by Gasteiger charge is -2.52. The van der Waals surface area contributed by atoms with Crippen LogP contribution in [0.4, 0.5) is 0 Å². The van der Waals surface area contributed by atoms with Gasteiger partial charge in [-0.2, -0.15) is 0 Å². The Bertz CT molecular complexity index is 1280. The van der Waals surface area contributed by atoms with Crippen LogP contribution >= 0.6 is 0 Å². The Morgan fingerprint density at radius 1 is 1.00 bits per heavy atom. The Balaban J connectivity index is 1.15. The second kappa shape index (κ2) is 14.7. The minimum atomic E-state index is -0.616. The number of para-hydroxylation sites is 1. The van der Waals surface area contributed by atoms with Gasteiger partial charge in [0, 0.05) is 57.0 Å². The van der Waals surface area contributed by atoms with Crippen LogP contribution in [0.15, 0.2) is 65.2 Å². The highest BCUT2D eigenvalue weighted by Gasteiger charge is 2.46. The van der Waals surface area contributed by atoms with Gasteiger partial charge in [-0.3, -0.25) is 9.80 Å². The Morgan fingerprint density at radius 2 is 1.74 bits per heavy atom. The minimum absolute atomic E-state index is 0.116. The third kappa shape index (κ3) is 7.36. The quantitative estimate of drug-likeness (QED) is 0.285. The van der Waals surface area contributed by atoms with Crippen LogP contribution in [0.3, 0.4) is 0 Å². The van der Waals surface area contributed by atoms with E-state index in [4.69, 9.17) is 14.0 Å². The number of aldehydes is 1. The third-order valence-corrected chi connectivity index (χ3v) is 8.71. The van der Waals surface area contributed by atoms with Crippen molar-refractivity contribution in [1.29, 1.82) is 0 Å². The average molecular weight is 574 g/mol. The number of aromatic nitrogens is 1. The first-order valence-corrected chi connectivity index (χ1v) is 15.1. The molecule has 2 unspecified atom stereocenters. The van der Waals surface area contributed by atoms with Gasteiger partial charge in [-0.1, -0.05) is 73.0 Å². The molecule has 5 rings (SSSR count). The van der Waals surface area contributed by atoms with Crippen molar-refractivity contribution in [3.05, 3.63) is 83.2 Å². The number of piperazine rings is 1. The standard InChI is InChI=1S/C34H43N3O5/c1-40-25-29-22-31(42-35-29)15-14-28-12-6-7-13-33(28)41-26-30(39)23-36-18-20-37(21-19-36)34(16-8-3-9-17-34)32(24-38)27-10-4-2-5-11-27/h2,4-7,10-15,22,24,30,32,39H,3,8-9,16-21,23,25-26H2,1H3/b15-14+. The molecule has 3 aromatic rings. The lowest BCUT2D eigenvalue weighted by molar-refractivity contribution is -0.114. The fraction of sp³-hybridized carbons (Fsp3) is 0.471. The van der Waals surface area contributed by atoms with Crippen molar-refractivity contribution in [2.45, 2.75) is 56.3 Å². The SMILES string of the molecule is COCc1cc(/C=C/c2ccccc2OCC(O)CN2CCN(C3(C(C=O)c4ccccc4)CCCCC3)CC2)on1. The van der Waals surface area contributed by atoms with Crippen molar-refractivity contribution < 1.29 is 23.9 Å². The maximum absolute atomic E-state index is 12.5. The van der Waals surface area contributed by atoms with Gasteiger partial charge in [0.15, 0.2) is 5.76 Å². The van der Waals surface area contributed by atoms with Gasteiger partial charge in [0.05, 0.1) is 12.5 Å². The fourth-order valence-corrected chi connectivity index (χ4v) is 6.62. The zero-order valence-electron chi connectivity index (χ0n) is 24.6. The molecule has 1 saturated heterocycles. The van der Waals surface area contributed by atoms with Gasteiger partial charge >= 0.3 is 0 Å². The minimum Gasteiger partial charge on any atom is -0.490 e. The Kier molecular flexibility index (Phi) is 10.6. The first-order valence-electron chi connectivity index (χ1n) is 15.1. The van der Waals surface area contributed by atoms with Crippen LogP contribution in [0.25, 0.3) is 12.2 Å². The number of rotatable bonds is 13. The molecule has 0 spiro atoms. The highest BCUT2D eigenvalue weighted by atomic mass is 16.5. The molecule has 1 aliphatic carbocycles. The number of carbonyl (C=O) groups is 1. The van der Waals surface area contributed by atoms with Crippen molar-refractivity contribution in [2.75, 3.05) is 46.4 Å². The highest BCUT2D eigenvalue weighted by Crippen LogP contribution is 2.44. The molecular formula is C34H43N3O5. The molecule has 2 atom stereocenters. The van der Waals surface area contributed by atoms with Crippen LogP contribution in [0.5, 0.6) is 5.75 Å². The normalized spacial score (nSPS) is 19.5. The Labute approximate surface area is 248 Å². The van der Waals surface area contributed by atoms with E-state index < -0.39 is 6.10 Å². The highest BCUT2D eigenvalue weighted by molar-refractivity contribution is 5.70. The summed E-state index contributed by atoms with van der Waals surface area (Å²) in [6.07, 6.45) is 10.0. The topological polar surface area (TPSA) is 88.3 Å². The predicted molar refractivity (Wildman–Crippen MR) is 163 cm³/mol. The van der Waals surface area contributed by atoms with Crippen LogP contribution in [-0.4, -0.2) is 84.4 Å². The van der Waals surface area contributed by atoms with Crippen LogP contribution in [0, 0.1) is 0 Å². The molecule has 2 aromatic carbocycles. The molecule has 0 bridgehead atoms. The number of carbonyl (C=O) groups excluding carboxylic acids is 1. The van der Waals surface area contributed by atoms with Gasteiger partial charge in [0.1, 0.15) is 30.4 Å². The number of benzene rings is 2. The van der Waals surface area contributed by atoms with Gasteiger partial charge in [0.2, 0.25) is 0 Å². The van der Waals surface area contributed by atoms with Crippen molar-refractivity contribution in [1.82, 2.24) is 15.0 Å². The summed E-state index contributed by atoms with van der Waals surface area (Å²) >= 11 is 0. The van der Waals surface area contributed by atoms with Crippen LogP contribution in [0.2, 0.25) is 0 Å². The number of aliphatic hydroxyl groups is 1. The van der Waals surface area contributed by atoms with Crippen molar-refractivity contribution in [3.8, 4) is 5.75 Å². The molecule has 1 saturated carbocycles. The maximum atomic E-state index is 12.5. The fourth-order valence-electron chi connectivity index (χ4n) is 6.62. The number of methoxy groups -OCH3 is 1. The smallest absolute Gasteiger partial charge is 0.160 e. The molecule has 0 amide bonds. The first-order chi connectivity index (χ1) is 20.6. The predicted octanol–water partition coefficient (Wildman–Crippen LogP) is 5.03. The van der Waals surface area contributed by atoms with Gasteiger partial charge in [-0.05, 0) is 36.6 Å². The van der Waals surface area contributed by atoms with E-state index in [1.165, 1.54) is 12.7 Å². The van der Waals surface area contributed by atoms with Gasteiger partial charge in [-0.15, -0.1) is 0 Å². The molecule has 8 heteroatoms. The number of hydrogen-bond acceptors (Lipinski definition) is 8. The molecule has 0 radical (unpaired) electrons. The number of aliphatic hydroxyl groups excluding tert-OH is 1. The molecule has 2 heterocycles. The van der Waals surface area contributed by atoms with Gasteiger partial charge in [-0.25, -0.2) is 0 Å². The summed E-state index contributed by atoms with van der Waals surface area (Å²) in [5.74, 6) is 1.22. The average Bonchev–Trinajstić information content (AvgIpc) is 3.48. The van der Waals surface area contributed by atoms with E-state index in [9.17, 15) is 9.90 Å². The summed E-state index contributed by atoms with van der Waals surface area (Å²) in [5.41, 5.74) is 2.63. The molecule has 224 valence electrons. The molecule has 1 aromatic heterocycles. The molecule has 1 aliphatic heterocycles. The third-order valence-electron chi connectivity index (χ3n) is 8.71. The molecule has 1 N–H and O–H groups in total. The number of hydrogen-bond donors (Lipinski definition) is 1. The lowest BCUT2D eigenvalue weighted by Crippen LogP contribution is -2.61. The second-order valence-electron chi connectivity index (χ2n) is 11.5. The Hall–Kier alpha value is -3.30. The summed E-state index contributed by atoms with van der Waals surface area (Å²) in [7, 11) is 1.62. The van der Waals surface area contributed by atoms with Crippen LogP contribution < -0.4 is 4.74 Å². The Morgan fingerprint density at radius 3 is 2.48 bits per heavy atom. The lowest BCUT2D eigenvalue weighted by atomic mass is 9.69. The van der Waals surface area contributed by atoms with Crippen molar-refractivity contribution in [2.24, 2.45) is 0 Å². The molecule has 2 aliphatic rings. The summed E-state index contributed by atoms with van der Waals surface area (Å²) in [6.45, 7) is 4.67.